The van der Waals surface area contributed by atoms with Gasteiger partial charge < -0.3 is 10.6 Å². The molecule has 2 aliphatic rings. The van der Waals surface area contributed by atoms with Gasteiger partial charge in [-0.15, -0.1) is 11.3 Å². The van der Waals surface area contributed by atoms with E-state index in [0.717, 1.165) is 25.9 Å². The Labute approximate surface area is 167 Å². The Balaban J connectivity index is 1.46. The van der Waals surface area contributed by atoms with Crippen LogP contribution in [0.25, 0.3) is 0 Å². The minimum atomic E-state index is -0.430. The Morgan fingerprint density at radius 1 is 1.29 bits per heavy atom. The lowest BCUT2D eigenvalue weighted by Gasteiger charge is -2.27. The van der Waals surface area contributed by atoms with Crippen LogP contribution < -0.4 is 10.6 Å². The number of rotatable bonds is 8. The molecule has 1 atom stereocenters. The summed E-state index contributed by atoms with van der Waals surface area (Å²) in [5.74, 6) is -0.276. The molecule has 2 aromatic rings. The summed E-state index contributed by atoms with van der Waals surface area (Å²) in [7, 11) is 0. The zero-order chi connectivity index (χ0) is 19.5. The fourth-order valence-electron chi connectivity index (χ4n) is 3.63. The summed E-state index contributed by atoms with van der Waals surface area (Å²) in [6.07, 6.45) is 4.41. The molecule has 4 rings (SSSR count). The maximum atomic E-state index is 12.7. The van der Waals surface area contributed by atoms with E-state index in [0.29, 0.717) is 23.8 Å². The normalized spacial score (nSPS) is 18.0. The molecule has 0 bridgehead atoms. The summed E-state index contributed by atoms with van der Waals surface area (Å²) in [6.45, 7) is 2.56. The molecule has 1 aromatic heterocycles. The van der Waals surface area contributed by atoms with Crippen LogP contribution in [0, 0.1) is 10.1 Å². The number of anilines is 1. The van der Waals surface area contributed by atoms with Crippen LogP contribution in [0.4, 0.5) is 11.4 Å². The van der Waals surface area contributed by atoms with Crippen molar-refractivity contribution >= 4 is 28.6 Å². The zero-order valence-electron chi connectivity index (χ0n) is 15.6. The molecule has 1 aliphatic heterocycles. The molecular formula is C20H24N4O3S. The lowest BCUT2D eigenvalue weighted by Crippen LogP contribution is -2.36. The number of hydrogen-bond acceptors (Lipinski definition) is 6. The Bertz CT molecular complexity index is 845. The van der Waals surface area contributed by atoms with Crippen molar-refractivity contribution < 1.29 is 9.72 Å². The fourth-order valence-corrected chi connectivity index (χ4v) is 4.49. The number of nitro groups is 1. The number of nitrogens with zero attached hydrogens (tertiary/aromatic N) is 2. The molecule has 1 aliphatic carbocycles. The van der Waals surface area contributed by atoms with E-state index in [2.05, 4.69) is 27.0 Å². The highest BCUT2D eigenvalue weighted by atomic mass is 32.1. The molecule has 1 aromatic carbocycles. The number of amides is 1. The van der Waals surface area contributed by atoms with Gasteiger partial charge in [-0.25, -0.2) is 0 Å². The number of carbonyl (C=O) groups excluding carboxylic acids is 1. The summed E-state index contributed by atoms with van der Waals surface area (Å²) in [6, 6.07) is 9.26. The molecule has 2 heterocycles. The average molecular weight is 401 g/mol. The van der Waals surface area contributed by atoms with E-state index in [9.17, 15) is 14.9 Å². The van der Waals surface area contributed by atoms with Crippen molar-refractivity contribution in [3.63, 3.8) is 0 Å². The summed E-state index contributed by atoms with van der Waals surface area (Å²) < 4.78 is 0. The predicted octanol–water partition coefficient (Wildman–Crippen LogP) is 3.80. The van der Waals surface area contributed by atoms with Crippen LogP contribution in [-0.4, -0.2) is 41.4 Å². The molecule has 2 fully saturated rings. The van der Waals surface area contributed by atoms with Crippen LogP contribution >= 0.6 is 11.3 Å². The van der Waals surface area contributed by atoms with Crippen LogP contribution in [0.15, 0.2) is 35.7 Å². The number of likely N-dealkylation sites (tertiary alicyclic amines) is 1. The largest absolute Gasteiger partial charge is 0.377 e. The molecule has 1 saturated carbocycles. The predicted molar refractivity (Wildman–Crippen MR) is 110 cm³/mol. The molecule has 2 N–H and O–H groups in total. The second-order valence-corrected chi connectivity index (χ2v) is 8.37. The number of nitrogens with one attached hydrogen (secondary N) is 2. The van der Waals surface area contributed by atoms with Crippen molar-refractivity contribution in [3.8, 4) is 0 Å². The third-order valence-corrected chi connectivity index (χ3v) is 6.28. The van der Waals surface area contributed by atoms with Gasteiger partial charge in [0.2, 0.25) is 0 Å². The first kappa shape index (κ1) is 18.9. The average Bonchev–Trinajstić information content (AvgIpc) is 3.14. The van der Waals surface area contributed by atoms with Crippen LogP contribution in [0.3, 0.4) is 0 Å². The molecule has 0 radical (unpaired) electrons. The highest BCUT2D eigenvalue weighted by molar-refractivity contribution is 7.10. The van der Waals surface area contributed by atoms with Gasteiger partial charge >= 0.3 is 0 Å². The lowest BCUT2D eigenvalue weighted by atomic mass is 10.1. The standard InChI is InChI=1S/C20H24N4O3S/c25-20(14-5-8-16(22-15-6-7-15)17(12-14)24(26)27)21-13-18(19-4-3-11-28-19)23-9-1-2-10-23/h3-5,8,11-12,15,18,22H,1-2,6-7,9-10,13H2,(H,21,25). The highest BCUT2D eigenvalue weighted by Gasteiger charge is 2.27. The molecule has 28 heavy (non-hydrogen) atoms. The summed E-state index contributed by atoms with van der Waals surface area (Å²) >= 11 is 1.69. The molecule has 148 valence electrons. The Morgan fingerprint density at radius 3 is 2.71 bits per heavy atom. The van der Waals surface area contributed by atoms with Gasteiger partial charge in [0, 0.05) is 29.1 Å². The molecule has 1 amide bonds. The smallest absolute Gasteiger partial charge is 0.293 e. The maximum Gasteiger partial charge on any atom is 0.293 e. The van der Waals surface area contributed by atoms with Crippen LogP contribution in [-0.2, 0) is 0 Å². The molecule has 1 saturated heterocycles. The van der Waals surface area contributed by atoms with Crippen molar-refractivity contribution in [1.82, 2.24) is 10.2 Å². The van der Waals surface area contributed by atoms with Gasteiger partial charge in [0.05, 0.1) is 11.0 Å². The number of benzene rings is 1. The Kier molecular flexibility index (Phi) is 5.59. The number of thiophene rings is 1. The quantitative estimate of drug-likeness (QED) is 0.520. The monoisotopic (exact) mass is 400 g/mol. The van der Waals surface area contributed by atoms with Crippen LogP contribution in [0.2, 0.25) is 0 Å². The van der Waals surface area contributed by atoms with Gasteiger partial charge in [-0.05, 0) is 62.4 Å². The lowest BCUT2D eigenvalue weighted by molar-refractivity contribution is -0.384. The van der Waals surface area contributed by atoms with Crippen molar-refractivity contribution in [2.24, 2.45) is 0 Å². The first-order valence-corrected chi connectivity index (χ1v) is 10.6. The molecule has 1 unspecified atom stereocenters. The second-order valence-electron chi connectivity index (χ2n) is 7.39. The molecular weight excluding hydrogens is 376 g/mol. The van der Waals surface area contributed by atoms with Gasteiger partial charge in [0.15, 0.2) is 0 Å². The number of nitro benzene ring substituents is 1. The maximum absolute atomic E-state index is 12.7. The first-order chi connectivity index (χ1) is 13.6. The van der Waals surface area contributed by atoms with E-state index in [1.807, 2.05) is 6.07 Å². The van der Waals surface area contributed by atoms with Gasteiger partial charge in [-0.2, -0.15) is 0 Å². The van der Waals surface area contributed by atoms with Crippen LogP contribution in [0.1, 0.15) is 47.0 Å². The highest BCUT2D eigenvalue weighted by Crippen LogP contribution is 2.32. The minimum absolute atomic E-state index is 0.0473. The van der Waals surface area contributed by atoms with E-state index >= 15 is 0 Å². The zero-order valence-corrected chi connectivity index (χ0v) is 16.4. The third kappa shape index (κ3) is 4.34. The SMILES string of the molecule is O=C(NCC(c1cccs1)N1CCCC1)c1ccc(NC2CC2)c([N+](=O)[O-])c1. The van der Waals surface area contributed by atoms with E-state index < -0.39 is 4.92 Å². The van der Waals surface area contributed by atoms with E-state index in [-0.39, 0.29) is 17.6 Å². The molecule has 8 heteroatoms. The Hall–Kier alpha value is -2.45. The van der Waals surface area contributed by atoms with E-state index in [4.69, 9.17) is 0 Å². The van der Waals surface area contributed by atoms with Crippen molar-refractivity contribution in [2.75, 3.05) is 25.0 Å². The fraction of sp³-hybridized carbons (Fsp3) is 0.450. The minimum Gasteiger partial charge on any atom is -0.377 e. The first-order valence-electron chi connectivity index (χ1n) is 9.72. The second kappa shape index (κ2) is 8.28. The van der Waals surface area contributed by atoms with Crippen molar-refractivity contribution in [2.45, 2.75) is 37.8 Å². The topological polar surface area (TPSA) is 87.5 Å². The third-order valence-electron chi connectivity index (χ3n) is 5.30. The molecule has 0 spiro atoms. The Morgan fingerprint density at radius 2 is 2.07 bits per heavy atom. The summed E-state index contributed by atoms with van der Waals surface area (Å²) in [4.78, 5) is 27.3. The van der Waals surface area contributed by atoms with Gasteiger partial charge in [0.1, 0.15) is 5.69 Å². The number of carbonyl (C=O) groups is 1. The molecule has 7 nitrogen and oxygen atoms in total. The van der Waals surface area contributed by atoms with E-state index in [1.54, 1.807) is 23.5 Å². The summed E-state index contributed by atoms with van der Waals surface area (Å²) in [5, 5.41) is 19.6. The van der Waals surface area contributed by atoms with E-state index in [1.165, 1.54) is 23.8 Å². The van der Waals surface area contributed by atoms with Crippen molar-refractivity contribution in [3.05, 3.63) is 56.3 Å². The summed E-state index contributed by atoms with van der Waals surface area (Å²) in [5.41, 5.74) is 0.755. The van der Waals surface area contributed by atoms with Crippen molar-refractivity contribution in [1.29, 1.82) is 0 Å². The van der Waals surface area contributed by atoms with Gasteiger partial charge in [0.25, 0.3) is 11.6 Å². The number of hydrogen-bond donors (Lipinski definition) is 2. The van der Waals surface area contributed by atoms with Gasteiger partial charge in [-0.3, -0.25) is 19.8 Å². The van der Waals surface area contributed by atoms with Gasteiger partial charge in [-0.1, -0.05) is 6.07 Å². The van der Waals surface area contributed by atoms with Crippen LogP contribution in [0.5, 0.6) is 0 Å².